The van der Waals surface area contributed by atoms with E-state index < -0.39 is 6.10 Å². The molecule has 0 spiro atoms. The molecule has 1 unspecified atom stereocenters. The molecule has 0 saturated heterocycles. The maximum Gasteiger partial charge on any atom is 0.306 e. The van der Waals surface area contributed by atoms with Gasteiger partial charge in [0.05, 0.1) is 0 Å². The van der Waals surface area contributed by atoms with Crippen LogP contribution in [0.4, 0.5) is 0 Å². The molecule has 81 heavy (non-hydrogen) atoms. The quantitative estimate of drug-likeness (QED) is 0.0261. The lowest BCUT2D eigenvalue weighted by Crippen LogP contribution is -2.30. The van der Waals surface area contributed by atoms with Crippen molar-refractivity contribution in [2.45, 2.75) is 348 Å². The Morgan fingerprint density at radius 2 is 0.481 bits per heavy atom. The molecule has 0 amide bonds. The van der Waals surface area contributed by atoms with Crippen molar-refractivity contribution in [3.8, 4) is 0 Å². The van der Waals surface area contributed by atoms with Crippen LogP contribution in [0.5, 0.6) is 0 Å². The van der Waals surface area contributed by atoms with E-state index in [1.54, 1.807) is 0 Å². The van der Waals surface area contributed by atoms with Gasteiger partial charge in [-0.2, -0.15) is 0 Å². The molecule has 0 aliphatic carbocycles. The fourth-order valence-electron chi connectivity index (χ4n) is 9.89. The third kappa shape index (κ3) is 67.0. The van der Waals surface area contributed by atoms with Gasteiger partial charge in [-0.3, -0.25) is 14.4 Å². The normalized spacial score (nSPS) is 12.7. The minimum Gasteiger partial charge on any atom is -0.462 e. The summed E-state index contributed by atoms with van der Waals surface area (Å²) in [5.41, 5.74) is 0. The molecule has 0 saturated carbocycles. The van der Waals surface area contributed by atoms with E-state index in [0.717, 1.165) is 122 Å². The molecule has 6 heteroatoms. The lowest BCUT2D eigenvalue weighted by molar-refractivity contribution is -0.167. The molecule has 0 aliphatic heterocycles. The van der Waals surface area contributed by atoms with E-state index in [0.29, 0.717) is 19.3 Å². The lowest BCUT2D eigenvalue weighted by Gasteiger charge is -2.18. The van der Waals surface area contributed by atoms with Crippen LogP contribution in [0.1, 0.15) is 342 Å². The largest absolute Gasteiger partial charge is 0.462 e. The third-order valence-electron chi connectivity index (χ3n) is 15.1. The zero-order valence-corrected chi connectivity index (χ0v) is 53.5. The van der Waals surface area contributed by atoms with Crippen LogP contribution in [0.25, 0.3) is 0 Å². The highest BCUT2D eigenvalue weighted by Crippen LogP contribution is 2.17. The van der Waals surface area contributed by atoms with Gasteiger partial charge in [0.25, 0.3) is 0 Å². The molecular formula is C75H130O6. The van der Waals surface area contributed by atoms with Crippen molar-refractivity contribution in [2.24, 2.45) is 0 Å². The third-order valence-corrected chi connectivity index (χ3v) is 15.1. The summed E-state index contributed by atoms with van der Waals surface area (Å²) in [5.74, 6) is -0.904. The van der Waals surface area contributed by atoms with Crippen LogP contribution in [-0.4, -0.2) is 37.2 Å². The van der Waals surface area contributed by atoms with Crippen LogP contribution in [0, 0.1) is 0 Å². The van der Waals surface area contributed by atoms with Gasteiger partial charge in [-0.25, -0.2) is 0 Å². The summed E-state index contributed by atoms with van der Waals surface area (Å²) >= 11 is 0. The molecule has 0 aromatic heterocycles. The predicted molar refractivity (Wildman–Crippen MR) is 353 cm³/mol. The summed E-state index contributed by atoms with van der Waals surface area (Å²) < 4.78 is 17.0. The first-order valence-electron chi connectivity index (χ1n) is 34.7. The molecule has 1 atom stereocenters. The highest BCUT2D eigenvalue weighted by Gasteiger charge is 2.19. The van der Waals surface area contributed by atoms with E-state index in [2.05, 4.69) is 118 Å². The summed E-state index contributed by atoms with van der Waals surface area (Å²) in [4.78, 5) is 38.5. The Hall–Kier alpha value is -3.67. The molecule has 0 aromatic rings. The van der Waals surface area contributed by atoms with Crippen LogP contribution in [0.3, 0.4) is 0 Å². The molecule has 0 N–H and O–H groups in total. The van der Waals surface area contributed by atoms with Crippen molar-refractivity contribution >= 4 is 17.9 Å². The van der Waals surface area contributed by atoms with Crippen molar-refractivity contribution in [1.29, 1.82) is 0 Å². The molecule has 0 fully saturated rings. The second kappa shape index (κ2) is 68.8. The molecule has 0 aromatic carbocycles. The van der Waals surface area contributed by atoms with Gasteiger partial charge in [0.15, 0.2) is 6.10 Å². The van der Waals surface area contributed by atoms with Gasteiger partial charge in [-0.05, 0) is 103 Å². The molecule has 466 valence electrons. The molecule has 0 heterocycles. The summed E-state index contributed by atoms with van der Waals surface area (Å²) in [7, 11) is 0. The number of hydrogen-bond donors (Lipinski definition) is 0. The van der Waals surface area contributed by atoms with Gasteiger partial charge in [0.1, 0.15) is 13.2 Å². The van der Waals surface area contributed by atoms with Crippen LogP contribution in [0.2, 0.25) is 0 Å². The average Bonchev–Trinajstić information content (AvgIpc) is 3.47. The number of rotatable bonds is 63. The Kier molecular flexibility index (Phi) is 65.7. The van der Waals surface area contributed by atoms with E-state index in [4.69, 9.17) is 14.2 Å². The Morgan fingerprint density at radius 3 is 0.778 bits per heavy atom. The van der Waals surface area contributed by atoms with Gasteiger partial charge in [0, 0.05) is 19.3 Å². The summed E-state index contributed by atoms with van der Waals surface area (Å²) in [5, 5.41) is 0. The smallest absolute Gasteiger partial charge is 0.306 e. The second-order valence-corrected chi connectivity index (χ2v) is 23.1. The Morgan fingerprint density at radius 1 is 0.259 bits per heavy atom. The first kappa shape index (κ1) is 77.3. The van der Waals surface area contributed by atoms with Crippen molar-refractivity contribution in [3.05, 3.63) is 97.2 Å². The minimum absolute atomic E-state index is 0.0878. The van der Waals surface area contributed by atoms with E-state index in [9.17, 15) is 14.4 Å². The van der Waals surface area contributed by atoms with Gasteiger partial charge in [0.2, 0.25) is 0 Å². The summed E-state index contributed by atoms with van der Waals surface area (Å²) in [6.45, 7) is 6.52. The number of hydrogen-bond acceptors (Lipinski definition) is 6. The van der Waals surface area contributed by atoms with Crippen LogP contribution >= 0.6 is 0 Å². The summed E-state index contributed by atoms with van der Waals surface area (Å²) in [6.07, 6.45) is 92.8. The van der Waals surface area contributed by atoms with Crippen LogP contribution in [-0.2, 0) is 28.6 Å². The molecule has 0 radical (unpaired) electrons. The van der Waals surface area contributed by atoms with Gasteiger partial charge >= 0.3 is 17.9 Å². The van der Waals surface area contributed by atoms with Crippen molar-refractivity contribution in [2.75, 3.05) is 13.2 Å². The molecule has 0 rings (SSSR count). The van der Waals surface area contributed by atoms with E-state index in [-0.39, 0.29) is 31.1 Å². The Balaban J connectivity index is 4.40. The fraction of sp³-hybridized carbons (Fsp3) is 0.747. The van der Waals surface area contributed by atoms with E-state index in [1.807, 2.05) is 0 Å². The monoisotopic (exact) mass is 1130 g/mol. The average molecular weight is 1130 g/mol. The van der Waals surface area contributed by atoms with Crippen molar-refractivity contribution in [3.63, 3.8) is 0 Å². The summed E-state index contributed by atoms with van der Waals surface area (Å²) in [6, 6.07) is 0. The number of ether oxygens (including phenoxy) is 3. The fourth-order valence-corrected chi connectivity index (χ4v) is 9.89. The van der Waals surface area contributed by atoms with Crippen LogP contribution < -0.4 is 0 Å². The van der Waals surface area contributed by atoms with Crippen molar-refractivity contribution in [1.82, 2.24) is 0 Å². The standard InChI is InChI=1S/C75H130O6/c1-4-7-10-13-16-19-22-25-28-31-33-35-37-39-41-44-47-50-53-56-59-62-65-68-74(77)80-71-72(70-79-73(76)67-64-61-58-55-52-49-46-43-30-27-24-21-18-15-12-9-6-3)81-75(78)69-66-63-60-57-54-51-48-45-42-40-38-36-34-32-29-26-23-20-17-14-11-8-5-2/h7,10,16,18-19,21,25,27-28,30,33,35,39,41,47,50,72H,4-6,8-9,11-15,17,20,22-24,26,29,31-32,34,36-38,40,42-46,48-49,51-71H2,1-3H3/b10-7-,19-16-,21-18-,28-25-,30-27-,35-33-,41-39-,50-47-. The highest BCUT2D eigenvalue weighted by atomic mass is 16.6. The molecular weight excluding hydrogens is 997 g/mol. The number of carbonyl (C=O) groups is 3. The second-order valence-electron chi connectivity index (χ2n) is 23.1. The van der Waals surface area contributed by atoms with E-state index in [1.165, 1.54) is 180 Å². The Bertz CT molecular complexity index is 1580. The zero-order chi connectivity index (χ0) is 58.5. The molecule has 0 bridgehead atoms. The first-order chi connectivity index (χ1) is 40.0. The highest BCUT2D eigenvalue weighted by molar-refractivity contribution is 5.71. The minimum atomic E-state index is -0.793. The van der Waals surface area contributed by atoms with Gasteiger partial charge in [-0.1, -0.05) is 317 Å². The van der Waals surface area contributed by atoms with Crippen molar-refractivity contribution < 1.29 is 28.6 Å². The SMILES string of the molecule is CC/C=C\C/C=C\C/C=C\C/C=C\C/C=C\C/C=C\CCCCCCC(=O)OCC(COC(=O)CCCCCCCCC/C=C\C/C=C\CCCCC)OC(=O)CCCCCCCCCCCCCCCCCCCCCCCCC. The molecule has 0 aliphatic rings. The maximum absolute atomic E-state index is 13.0. The van der Waals surface area contributed by atoms with E-state index >= 15 is 0 Å². The van der Waals surface area contributed by atoms with Crippen LogP contribution in [0.15, 0.2) is 97.2 Å². The number of unbranched alkanes of at least 4 members (excludes halogenated alkanes) is 36. The first-order valence-corrected chi connectivity index (χ1v) is 34.7. The zero-order valence-electron chi connectivity index (χ0n) is 53.5. The number of carbonyl (C=O) groups excluding carboxylic acids is 3. The Labute approximate surface area is 502 Å². The molecule has 6 nitrogen and oxygen atoms in total. The lowest BCUT2D eigenvalue weighted by atomic mass is 10.0. The topological polar surface area (TPSA) is 78.9 Å². The number of allylic oxidation sites excluding steroid dienone is 16. The van der Waals surface area contributed by atoms with Gasteiger partial charge < -0.3 is 14.2 Å². The van der Waals surface area contributed by atoms with Gasteiger partial charge in [-0.15, -0.1) is 0 Å². The maximum atomic E-state index is 13.0. The predicted octanol–water partition coefficient (Wildman–Crippen LogP) is 24.0. The number of esters is 3.